The first-order valence-electron chi connectivity index (χ1n) is 9.33. The number of thioether (sulfide) groups is 2. The molecule has 1 atom stereocenters. The van der Waals surface area contributed by atoms with Crippen molar-refractivity contribution in [2.24, 2.45) is 0 Å². The van der Waals surface area contributed by atoms with Crippen LogP contribution in [0.15, 0.2) is 63.4 Å². The highest BCUT2D eigenvalue weighted by atomic mass is 32.2. The van der Waals surface area contributed by atoms with Crippen LogP contribution in [0.2, 0.25) is 0 Å². The van der Waals surface area contributed by atoms with Crippen LogP contribution in [0.4, 0.5) is 4.39 Å². The van der Waals surface area contributed by atoms with Crippen molar-refractivity contribution in [3.05, 3.63) is 64.7 Å². The third-order valence-corrected chi connectivity index (χ3v) is 6.93. The highest BCUT2D eigenvalue weighted by Gasteiger charge is 2.20. The Morgan fingerprint density at radius 2 is 1.89 bits per heavy atom. The first-order chi connectivity index (χ1) is 13.7. The van der Waals surface area contributed by atoms with Crippen molar-refractivity contribution in [2.75, 3.05) is 18.1 Å². The van der Waals surface area contributed by atoms with Gasteiger partial charge in [0, 0.05) is 23.0 Å². The zero-order valence-corrected chi connectivity index (χ0v) is 17.0. The van der Waals surface area contributed by atoms with Crippen LogP contribution in [-0.2, 0) is 11.3 Å². The molecule has 1 aliphatic rings. The average Bonchev–Trinajstić information content (AvgIpc) is 3.22. The van der Waals surface area contributed by atoms with Crippen molar-refractivity contribution >= 4 is 34.4 Å². The van der Waals surface area contributed by atoms with E-state index in [2.05, 4.69) is 0 Å². The Labute approximate surface area is 171 Å². The van der Waals surface area contributed by atoms with Crippen molar-refractivity contribution < 1.29 is 9.13 Å². The second-order valence-electron chi connectivity index (χ2n) is 6.59. The van der Waals surface area contributed by atoms with E-state index < -0.39 is 0 Å². The summed E-state index contributed by atoms with van der Waals surface area (Å²) in [5.74, 6) is 1.26. The third-order valence-electron chi connectivity index (χ3n) is 4.65. The maximum absolute atomic E-state index is 13.8. The molecule has 1 aromatic heterocycles. The van der Waals surface area contributed by atoms with E-state index in [-0.39, 0.29) is 17.5 Å². The van der Waals surface area contributed by atoms with Crippen LogP contribution in [0.5, 0.6) is 0 Å². The minimum absolute atomic E-state index is 0.0228. The monoisotopic (exact) mass is 416 g/mol. The summed E-state index contributed by atoms with van der Waals surface area (Å²) in [6, 6.07) is 14.2. The summed E-state index contributed by atoms with van der Waals surface area (Å²) in [6.07, 6.45) is 2.06. The summed E-state index contributed by atoms with van der Waals surface area (Å²) < 4.78 is 21.2. The molecule has 4 rings (SSSR count). The molecule has 0 radical (unpaired) electrons. The van der Waals surface area contributed by atoms with E-state index in [1.54, 1.807) is 16.7 Å². The Kier molecular flexibility index (Phi) is 6.34. The quantitative estimate of drug-likeness (QED) is 0.320. The van der Waals surface area contributed by atoms with Gasteiger partial charge in [-0.2, -0.15) is 0 Å². The first kappa shape index (κ1) is 19.5. The Balaban J connectivity index is 1.52. The lowest BCUT2D eigenvalue weighted by Crippen LogP contribution is -2.28. The molecule has 2 aromatic carbocycles. The molecule has 7 heteroatoms. The number of rotatable bonds is 7. The number of para-hydroxylation sites is 1. The number of ether oxygens (including phenoxy) is 1. The Morgan fingerprint density at radius 3 is 2.71 bits per heavy atom. The van der Waals surface area contributed by atoms with Gasteiger partial charge < -0.3 is 4.74 Å². The normalized spacial score (nSPS) is 16.7. The van der Waals surface area contributed by atoms with Crippen LogP contribution >= 0.6 is 23.5 Å². The smallest absolute Gasteiger partial charge is 0.262 e. The molecule has 0 bridgehead atoms. The molecule has 0 N–H and O–H groups in total. The molecule has 0 amide bonds. The largest absolute Gasteiger partial charge is 0.376 e. The second-order valence-corrected chi connectivity index (χ2v) is 8.79. The molecule has 3 aromatic rings. The highest BCUT2D eigenvalue weighted by molar-refractivity contribution is 8.02. The molecule has 0 spiro atoms. The van der Waals surface area contributed by atoms with Crippen molar-refractivity contribution in [1.82, 2.24) is 9.55 Å². The van der Waals surface area contributed by atoms with Gasteiger partial charge in [0.2, 0.25) is 0 Å². The van der Waals surface area contributed by atoms with Gasteiger partial charge in [-0.1, -0.05) is 36.0 Å². The summed E-state index contributed by atoms with van der Waals surface area (Å²) in [6.45, 7) is 1.28. The van der Waals surface area contributed by atoms with Gasteiger partial charge in [-0.15, -0.1) is 11.8 Å². The van der Waals surface area contributed by atoms with Crippen LogP contribution in [0.1, 0.15) is 12.8 Å². The molecule has 0 aliphatic carbocycles. The van der Waals surface area contributed by atoms with Crippen LogP contribution in [0, 0.1) is 5.82 Å². The van der Waals surface area contributed by atoms with Gasteiger partial charge in [0.15, 0.2) is 5.16 Å². The first-order valence-corrected chi connectivity index (χ1v) is 11.3. The number of fused-ring (bicyclic) bond motifs is 1. The Hall–Kier alpha value is -1.83. The lowest BCUT2D eigenvalue weighted by Gasteiger charge is -2.16. The predicted molar refractivity (Wildman–Crippen MR) is 113 cm³/mol. The summed E-state index contributed by atoms with van der Waals surface area (Å²) in [4.78, 5) is 18.4. The van der Waals surface area contributed by atoms with Crippen LogP contribution in [-0.4, -0.2) is 33.8 Å². The molecular formula is C21H21FN2O2S2. The third kappa shape index (κ3) is 4.42. The molecule has 0 saturated carbocycles. The molecular weight excluding hydrogens is 395 g/mol. The van der Waals surface area contributed by atoms with Gasteiger partial charge in [-0.25, -0.2) is 9.37 Å². The number of halogens is 1. The minimum atomic E-state index is -0.198. The fraction of sp³-hybridized carbons (Fsp3) is 0.333. The lowest BCUT2D eigenvalue weighted by molar-refractivity contribution is 0.0937. The molecule has 2 heterocycles. The van der Waals surface area contributed by atoms with Gasteiger partial charge in [-0.05, 0) is 37.1 Å². The molecule has 1 fully saturated rings. The fourth-order valence-electron chi connectivity index (χ4n) is 3.26. The number of hydrogen-bond donors (Lipinski definition) is 0. The zero-order valence-electron chi connectivity index (χ0n) is 15.3. The van der Waals surface area contributed by atoms with E-state index in [9.17, 15) is 9.18 Å². The molecule has 28 heavy (non-hydrogen) atoms. The standard InChI is InChI=1S/C21H21FN2O2S2/c22-17-8-2-4-10-19(17)27-12-13-28-21-23-18-9-3-1-7-16(18)20(25)24(21)14-15-6-5-11-26-15/h1-4,7-10,15H,5-6,11-14H2/t15-/m0/s1. The van der Waals surface area contributed by atoms with Crippen molar-refractivity contribution in [2.45, 2.75) is 35.5 Å². The zero-order chi connectivity index (χ0) is 19.3. The topological polar surface area (TPSA) is 44.1 Å². The lowest BCUT2D eigenvalue weighted by atomic mass is 10.2. The van der Waals surface area contributed by atoms with Crippen molar-refractivity contribution in [3.63, 3.8) is 0 Å². The van der Waals surface area contributed by atoms with Crippen molar-refractivity contribution in [3.8, 4) is 0 Å². The number of benzene rings is 2. The van der Waals surface area contributed by atoms with Gasteiger partial charge in [-0.3, -0.25) is 9.36 Å². The molecule has 0 unspecified atom stereocenters. The van der Waals surface area contributed by atoms with Crippen molar-refractivity contribution in [1.29, 1.82) is 0 Å². The van der Waals surface area contributed by atoms with Gasteiger partial charge in [0.1, 0.15) is 5.82 Å². The predicted octanol–water partition coefficient (Wildman–Crippen LogP) is 4.60. The summed E-state index contributed by atoms with van der Waals surface area (Å²) in [5, 5.41) is 1.33. The maximum Gasteiger partial charge on any atom is 0.262 e. The van der Waals surface area contributed by atoms with E-state index in [4.69, 9.17) is 9.72 Å². The second kappa shape index (κ2) is 9.11. The summed E-state index contributed by atoms with van der Waals surface area (Å²) in [7, 11) is 0. The summed E-state index contributed by atoms with van der Waals surface area (Å²) >= 11 is 3.01. The molecule has 1 saturated heterocycles. The minimum Gasteiger partial charge on any atom is -0.376 e. The van der Waals surface area contributed by atoms with Gasteiger partial charge in [0.05, 0.1) is 23.6 Å². The number of aromatic nitrogens is 2. The fourth-order valence-corrected chi connectivity index (χ4v) is 5.18. The maximum atomic E-state index is 13.8. The van der Waals surface area contributed by atoms with Crippen LogP contribution < -0.4 is 5.56 Å². The van der Waals surface area contributed by atoms with E-state index >= 15 is 0 Å². The van der Waals surface area contributed by atoms with E-state index in [0.717, 1.165) is 31.0 Å². The van der Waals surface area contributed by atoms with E-state index in [0.29, 0.717) is 27.5 Å². The molecule has 4 nitrogen and oxygen atoms in total. The van der Waals surface area contributed by atoms with E-state index in [1.807, 2.05) is 30.3 Å². The molecule has 1 aliphatic heterocycles. The SMILES string of the molecule is O=c1c2ccccc2nc(SCCSc2ccccc2F)n1C[C@@H]1CCCO1. The average molecular weight is 417 g/mol. The highest BCUT2D eigenvalue weighted by Crippen LogP contribution is 2.25. The summed E-state index contributed by atoms with van der Waals surface area (Å²) in [5.41, 5.74) is 0.686. The number of hydrogen-bond acceptors (Lipinski definition) is 5. The van der Waals surface area contributed by atoms with Gasteiger partial charge >= 0.3 is 0 Å². The van der Waals surface area contributed by atoms with Crippen LogP contribution in [0.3, 0.4) is 0 Å². The van der Waals surface area contributed by atoms with E-state index in [1.165, 1.54) is 29.6 Å². The van der Waals surface area contributed by atoms with Crippen LogP contribution in [0.25, 0.3) is 10.9 Å². The Morgan fingerprint density at radius 1 is 1.11 bits per heavy atom. The van der Waals surface area contributed by atoms with Gasteiger partial charge in [0.25, 0.3) is 5.56 Å². The number of nitrogens with zero attached hydrogens (tertiary/aromatic N) is 2. The molecule has 146 valence electrons. The Bertz CT molecular complexity index is 1020.